The number of benzene rings is 1. The number of carboxylic acids is 1. The quantitative estimate of drug-likeness (QED) is 0.609. The Balaban J connectivity index is 2.72. The maximum Gasteiger partial charge on any atom is 0.323 e. The van der Waals surface area contributed by atoms with Crippen molar-refractivity contribution < 1.29 is 19.4 Å². The number of ether oxygens (including phenoxy) is 1. The van der Waals surface area contributed by atoms with E-state index < -0.39 is 11.5 Å². The van der Waals surface area contributed by atoms with E-state index in [0.29, 0.717) is 12.2 Å². The zero-order chi connectivity index (χ0) is 13.8. The van der Waals surface area contributed by atoms with Crippen LogP contribution in [-0.4, -0.2) is 22.6 Å². The molecule has 0 fully saturated rings. The highest BCUT2D eigenvalue weighted by Gasteiger charge is 2.27. The van der Waals surface area contributed by atoms with Crippen molar-refractivity contribution in [3.63, 3.8) is 0 Å². The Morgan fingerprint density at radius 3 is 2.33 bits per heavy atom. The first kappa shape index (κ1) is 14.2. The van der Waals surface area contributed by atoms with Gasteiger partial charge in [-0.1, -0.05) is 19.1 Å². The lowest BCUT2D eigenvalue weighted by atomic mass is 9.94. The molecule has 18 heavy (non-hydrogen) atoms. The largest absolute Gasteiger partial charge is 0.480 e. The number of carbonyl (C=O) groups is 2. The fourth-order valence-electron chi connectivity index (χ4n) is 1.38. The molecule has 0 heterocycles. The summed E-state index contributed by atoms with van der Waals surface area (Å²) >= 11 is 0. The van der Waals surface area contributed by atoms with Gasteiger partial charge in [0.15, 0.2) is 0 Å². The molecule has 0 bridgehead atoms. The molecule has 0 radical (unpaired) electrons. The zero-order valence-electron chi connectivity index (χ0n) is 10.5. The molecule has 0 aliphatic carbocycles. The van der Waals surface area contributed by atoms with Gasteiger partial charge in [-0.05, 0) is 24.6 Å². The summed E-state index contributed by atoms with van der Waals surface area (Å²) in [6.45, 7) is 3.17. The molecule has 0 aromatic heterocycles. The fourth-order valence-corrected chi connectivity index (χ4v) is 1.38. The van der Waals surface area contributed by atoms with Crippen molar-refractivity contribution in [3.8, 4) is 5.75 Å². The third kappa shape index (κ3) is 3.85. The zero-order valence-corrected chi connectivity index (χ0v) is 10.5. The van der Waals surface area contributed by atoms with Crippen LogP contribution in [0.5, 0.6) is 5.75 Å². The van der Waals surface area contributed by atoms with Crippen molar-refractivity contribution in [2.75, 3.05) is 0 Å². The number of hydrogen-bond donors (Lipinski definition) is 2. The van der Waals surface area contributed by atoms with Gasteiger partial charge in [-0.3, -0.25) is 9.59 Å². The second-order valence-corrected chi connectivity index (χ2v) is 4.37. The molecule has 0 saturated heterocycles. The maximum absolute atomic E-state index is 11.1. The Labute approximate surface area is 106 Å². The molecular formula is C13H17NO4. The molecule has 1 unspecified atom stereocenters. The standard InChI is InChI=1S/C13H17NO4/c1-3-11(15)18-10-6-4-9(5-7-10)8-13(2,14)12(16)17/h4-7H,3,8,14H2,1-2H3,(H,16,17). The normalized spacial score (nSPS) is 13.7. The summed E-state index contributed by atoms with van der Waals surface area (Å²) in [5, 5.41) is 8.91. The van der Waals surface area contributed by atoms with Crippen LogP contribution >= 0.6 is 0 Å². The average molecular weight is 251 g/mol. The number of rotatable bonds is 5. The highest BCUT2D eigenvalue weighted by atomic mass is 16.5. The molecule has 0 aliphatic rings. The topological polar surface area (TPSA) is 89.6 Å². The second kappa shape index (κ2) is 5.64. The predicted molar refractivity (Wildman–Crippen MR) is 66.3 cm³/mol. The lowest BCUT2D eigenvalue weighted by molar-refractivity contribution is -0.142. The summed E-state index contributed by atoms with van der Waals surface area (Å²) in [4.78, 5) is 21.9. The Hall–Kier alpha value is -1.88. The molecule has 98 valence electrons. The van der Waals surface area contributed by atoms with E-state index in [1.807, 2.05) is 0 Å². The van der Waals surface area contributed by atoms with Gasteiger partial charge in [0.1, 0.15) is 11.3 Å². The van der Waals surface area contributed by atoms with Crippen molar-refractivity contribution in [1.82, 2.24) is 0 Å². The van der Waals surface area contributed by atoms with Gasteiger partial charge in [0, 0.05) is 12.8 Å². The number of nitrogens with two attached hydrogens (primary N) is 1. The molecule has 1 aromatic carbocycles. The van der Waals surface area contributed by atoms with Gasteiger partial charge in [0.05, 0.1) is 0 Å². The van der Waals surface area contributed by atoms with Gasteiger partial charge < -0.3 is 15.6 Å². The fraction of sp³-hybridized carbons (Fsp3) is 0.385. The lowest BCUT2D eigenvalue weighted by Crippen LogP contribution is -2.46. The minimum atomic E-state index is -1.30. The Bertz CT molecular complexity index is 437. The van der Waals surface area contributed by atoms with Gasteiger partial charge in [0.25, 0.3) is 0 Å². The summed E-state index contributed by atoms with van der Waals surface area (Å²) in [6.07, 6.45) is 0.520. The summed E-state index contributed by atoms with van der Waals surface area (Å²) < 4.78 is 5.01. The maximum atomic E-state index is 11.1. The molecule has 5 nitrogen and oxygen atoms in total. The third-order valence-electron chi connectivity index (χ3n) is 2.50. The van der Waals surface area contributed by atoms with Crippen LogP contribution in [0.3, 0.4) is 0 Å². The Morgan fingerprint density at radius 1 is 1.33 bits per heavy atom. The summed E-state index contributed by atoms with van der Waals surface area (Å²) in [5.74, 6) is -0.916. The van der Waals surface area contributed by atoms with Crippen LogP contribution < -0.4 is 10.5 Å². The molecule has 0 spiro atoms. The van der Waals surface area contributed by atoms with Crippen molar-refractivity contribution in [2.45, 2.75) is 32.2 Å². The highest BCUT2D eigenvalue weighted by molar-refractivity contribution is 5.78. The van der Waals surface area contributed by atoms with Gasteiger partial charge in [-0.15, -0.1) is 0 Å². The number of carboxylic acid groups (broad SMARTS) is 1. The molecule has 0 aliphatic heterocycles. The minimum absolute atomic E-state index is 0.213. The van der Waals surface area contributed by atoms with Crippen molar-refractivity contribution in [3.05, 3.63) is 29.8 Å². The van der Waals surface area contributed by atoms with E-state index >= 15 is 0 Å². The number of esters is 1. The average Bonchev–Trinajstić information content (AvgIpc) is 2.31. The van der Waals surface area contributed by atoms with E-state index in [0.717, 1.165) is 5.56 Å². The SMILES string of the molecule is CCC(=O)Oc1ccc(CC(C)(N)C(=O)O)cc1. The van der Waals surface area contributed by atoms with Gasteiger partial charge in [-0.25, -0.2) is 0 Å². The van der Waals surface area contributed by atoms with E-state index in [1.165, 1.54) is 6.92 Å². The van der Waals surface area contributed by atoms with E-state index in [4.69, 9.17) is 15.6 Å². The van der Waals surface area contributed by atoms with E-state index in [1.54, 1.807) is 31.2 Å². The van der Waals surface area contributed by atoms with Crippen LogP contribution in [0.4, 0.5) is 0 Å². The van der Waals surface area contributed by atoms with Crippen LogP contribution in [0.1, 0.15) is 25.8 Å². The summed E-state index contributed by atoms with van der Waals surface area (Å²) in [6, 6.07) is 6.65. The minimum Gasteiger partial charge on any atom is -0.480 e. The van der Waals surface area contributed by atoms with Crippen LogP contribution in [0, 0.1) is 0 Å². The third-order valence-corrected chi connectivity index (χ3v) is 2.50. The van der Waals surface area contributed by atoms with Gasteiger partial charge in [0.2, 0.25) is 0 Å². The molecule has 0 saturated carbocycles. The highest BCUT2D eigenvalue weighted by Crippen LogP contribution is 2.16. The lowest BCUT2D eigenvalue weighted by Gasteiger charge is -2.19. The molecular weight excluding hydrogens is 234 g/mol. The first-order valence-corrected chi connectivity index (χ1v) is 5.67. The smallest absolute Gasteiger partial charge is 0.323 e. The van der Waals surface area contributed by atoms with Crippen LogP contribution in [0.15, 0.2) is 24.3 Å². The molecule has 0 amide bonds. The summed E-state index contributed by atoms with van der Waals surface area (Å²) in [5.41, 5.74) is 5.12. The number of hydrogen-bond acceptors (Lipinski definition) is 4. The monoisotopic (exact) mass is 251 g/mol. The molecule has 1 atom stereocenters. The first-order valence-electron chi connectivity index (χ1n) is 5.67. The van der Waals surface area contributed by atoms with Crippen molar-refractivity contribution in [2.24, 2.45) is 5.73 Å². The van der Waals surface area contributed by atoms with Crippen molar-refractivity contribution in [1.29, 1.82) is 0 Å². The first-order chi connectivity index (χ1) is 8.35. The van der Waals surface area contributed by atoms with Crippen molar-refractivity contribution >= 4 is 11.9 Å². The Morgan fingerprint density at radius 2 is 1.89 bits per heavy atom. The number of aliphatic carboxylic acids is 1. The summed E-state index contributed by atoms with van der Waals surface area (Å²) in [7, 11) is 0. The molecule has 1 rings (SSSR count). The predicted octanol–water partition coefficient (Wildman–Crippen LogP) is 1.35. The molecule has 1 aromatic rings. The van der Waals surface area contributed by atoms with Crippen LogP contribution in [0.2, 0.25) is 0 Å². The molecule has 3 N–H and O–H groups in total. The molecule has 5 heteroatoms. The van der Waals surface area contributed by atoms with Crippen LogP contribution in [0.25, 0.3) is 0 Å². The van der Waals surface area contributed by atoms with Gasteiger partial charge in [-0.2, -0.15) is 0 Å². The second-order valence-electron chi connectivity index (χ2n) is 4.37. The number of carbonyl (C=O) groups excluding carboxylic acids is 1. The van der Waals surface area contributed by atoms with E-state index in [9.17, 15) is 9.59 Å². The van der Waals surface area contributed by atoms with Gasteiger partial charge >= 0.3 is 11.9 Å². The Kier molecular flexibility index (Phi) is 4.44. The van der Waals surface area contributed by atoms with E-state index in [-0.39, 0.29) is 12.4 Å². The van der Waals surface area contributed by atoms with Crippen LogP contribution in [-0.2, 0) is 16.0 Å². The van der Waals surface area contributed by atoms with E-state index in [2.05, 4.69) is 0 Å².